The molecule has 118 valence electrons. The van der Waals surface area contributed by atoms with Crippen molar-refractivity contribution in [3.05, 3.63) is 33.3 Å². The van der Waals surface area contributed by atoms with Gasteiger partial charge in [0.2, 0.25) is 0 Å². The molecule has 2 rings (SSSR count). The Bertz CT molecular complexity index is 456. The number of hydrogen-bond donors (Lipinski definition) is 1. The third-order valence-electron chi connectivity index (χ3n) is 4.59. The van der Waals surface area contributed by atoms with Gasteiger partial charge in [-0.3, -0.25) is 0 Å². The molecule has 1 saturated heterocycles. The van der Waals surface area contributed by atoms with E-state index in [0.717, 1.165) is 40.8 Å². The number of halogens is 2. The van der Waals surface area contributed by atoms with Crippen LogP contribution < -0.4 is 5.32 Å². The summed E-state index contributed by atoms with van der Waals surface area (Å²) in [6, 6.07) is 6.53. The summed E-state index contributed by atoms with van der Waals surface area (Å²) in [5.41, 5.74) is 1.21. The molecule has 1 aliphatic rings. The third kappa shape index (κ3) is 4.69. The molecule has 3 unspecified atom stereocenters. The lowest BCUT2D eigenvalue weighted by Crippen LogP contribution is -2.28. The molecule has 1 aliphatic heterocycles. The van der Waals surface area contributed by atoms with Crippen molar-refractivity contribution in [1.29, 1.82) is 0 Å². The lowest BCUT2D eigenvalue weighted by Gasteiger charge is -2.23. The number of likely N-dealkylation sites (tertiary alicyclic amines) is 1. The van der Waals surface area contributed by atoms with Crippen molar-refractivity contribution in [2.45, 2.75) is 33.2 Å². The quantitative estimate of drug-likeness (QED) is 0.775. The van der Waals surface area contributed by atoms with Gasteiger partial charge in [0.15, 0.2) is 0 Å². The van der Waals surface area contributed by atoms with Crippen LogP contribution in [-0.4, -0.2) is 31.1 Å². The molecule has 1 N–H and O–H groups in total. The first-order valence-electron chi connectivity index (χ1n) is 7.92. The normalized spacial score (nSPS) is 24.4. The first kappa shape index (κ1) is 17.3. The number of nitrogens with one attached hydrogen (secondary N) is 1. The maximum atomic E-state index is 6.42. The molecule has 0 aromatic heterocycles. The van der Waals surface area contributed by atoms with E-state index in [9.17, 15) is 0 Å². The number of benzene rings is 1. The van der Waals surface area contributed by atoms with Gasteiger partial charge in [0.05, 0.1) is 0 Å². The molecule has 4 heteroatoms. The average molecular weight is 374 g/mol. The summed E-state index contributed by atoms with van der Waals surface area (Å²) < 4.78 is 1.04. The van der Waals surface area contributed by atoms with Gasteiger partial charge in [-0.25, -0.2) is 0 Å². The Labute approximate surface area is 142 Å². The van der Waals surface area contributed by atoms with E-state index in [1.807, 2.05) is 6.07 Å². The highest BCUT2D eigenvalue weighted by atomic mass is 79.9. The Morgan fingerprint density at radius 2 is 2.00 bits per heavy atom. The largest absolute Gasteiger partial charge is 0.310 e. The lowest BCUT2D eigenvalue weighted by molar-refractivity contribution is 0.299. The van der Waals surface area contributed by atoms with E-state index in [-0.39, 0.29) is 0 Å². The monoisotopic (exact) mass is 372 g/mol. The molecule has 0 amide bonds. The minimum Gasteiger partial charge on any atom is -0.310 e. The Morgan fingerprint density at radius 1 is 1.33 bits per heavy atom. The van der Waals surface area contributed by atoms with Gasteiger partial charge in [-0.05, 0) is 49.0 Å². The fraction of sp³-hybridized carbons (Fsp3) is 0.647. The second-order valence-corrected chi connectivity index (χ2v) is 7.60. The van der Waals surface area contributed by atoms with Crippen LogP contribution in [0.5, 0.6) is 0 Å². The van der Waals surface area contributed by atoms with Crippen molar-refractivity contribution in [2.24, 2.45) is 11.8 Å². The Balaban J connectivity index is 1.99. The maximum absolute atomic E-state index is 6.42. The molecule has 1 heterocycles. The summed E-state index contributed by atoms with van der Waals surface area (Å²) >= 11 is 9.90. The van der Waals surface area contributed by atoms with Crippen LogP contribution in [0.4, 0.5) is 0 Å². The highest BCUT2D eigenvalue weighted by Gasteiger charge is 2.26. The molecule has 21 heavy (non-hydrogen) atoms. The van der Waals surface area contributed by atoms with E-state index in [1.54, 1.807) is 0 Å². The number of hydrogen-bond acceptors (Lipinski definition) is 2. The second kappa shape index (κ2) is 7.96. The first-order valence-corrected chi connectivity index (χ1v) is 9.09. The zero-order valence-electron chi connectivity index (χ0n) is 13.2. The predicted octanol–water partition coefficient (Wildman–Crippen LogP) is 4.73. The Kier molecular flexibility index (Phi) is 6.54. The van der Waals surface area contributed by atoms with E-state index in [4.69, 9.17) is 11.6 Å². The molecule has 0 saturated carbocycles. The minimum atomic E-state index is 0.335. The molecule has 1 aromatic rings. The highest BCUT2D eigenvalue weighted by Crippen LogP contribution is 2.29. The molecule has 1 aromatic carbocycles. The third-order valence-corrected chi connectivity index (χ3v) is 5.41. The topological polar surface area (TPSA) is 15.3 Å². The van der Waals surface area contributed by atoms with E-state index >= 15 is 0 Å². The van der Waals surface area contributed by atoms with Crippen LogP contribution in [0.3, 0.4) is 0 Å². The first-order chi connectivity index (χ1) is 10.0. The molecular formula is C17H26BrClN2. The van der Waals surface area contributed by atoms with Crippen molar-refractivity contribution in [3.8, 4) is 0 Å². The second-order valence-electron chi connectivity index (χ2n) is 6.28. The van der Waals surface area contributed by atoms with Crippen molar-refractivity contribution < 1.29 is 0 Å². The summed E-state index contributed by atoms with van der Waals surface area (Å²) in [6.07, 6.45) is 1.11. The Morgan fingerprint density at radius 3 is 2.57 bits per heavy atom. The molecule has 0 bridgehead atoms. The van der Waals surface area contributed by atoms with Gasteiger partial charge in [-0.15, -0.1) is 0 Å². The summed E-state index contributed by atoms with van der Waals surface area (Å²) in [5, 5.41) is 4.42. The average Bonchev–Trinajstić information content (AvgIpc) is 2.74. The van der Waals surface area contributed by atoms with Gasteiger partial charge in [0.1, 0.15) is 0 Å². The van der Waals surface area contributed by atoms with Crippen LogP contribution in [0.25, 0.3) is 0 Å². The molecule has 0 spiro atoms. The Hall–Kier alpha value is -0.0900. The number of rotatable bonds is 6. The molecule has 2 nitrogen and oxygen atoms in total. The van der Waals surface area contributed by atoms with Gasteiger partial charge in [0, 0.05) is 28.6 Å². The fourth-order valence-electron chi connectivity index (χ4n) is 3.14. The standard InChI is InChI=1S/C17H26BrClN2/c1-4-20-17(15-6-5-14(18)9-16(15)19)7-8-21-10-12(2)13(3)11-21/h5-6,9,12-13,17,20H,4,7-8,10-11H2,1-3H3. The summed E-state index contributed by atoms with van der Waals surface area (Å²) in [6.45, 7) is 11.4. The summed E-state index contributed by atoms with van der Waals surface area (Å²) in [4.78, 5) is 2.59. The zero-order chi connectivity index (χ0) is 15.4. The fourth-order valence-corrected chi connectivity index (χ4v) is 3.95. The molecule has 1 fully saturated rings. The predicted molar refractivity (Wildman–Crippen MR) is 95.0 cm³/mol. The summed E-state index contributed by atoms with van der Waals surface area (Å²) in [7, 11) is 0. The van der Waals surface area contributed by atoms with Crippen LogP contribution in [0.1, 0.15) is 38.8 Å². The van der Waals surface area contributed by atoms with Crippen molar-refractivity contribution in [1.82, 2.24) is 10.2 Å². The van der Waals surface area contributed by atoms with E-state index in [2.05, 4.69) is 59.1 Å². The van der Waals surface area contributed by atoms with Crippen molar-refractivity contribution in [3.63, 3.8) is 0 Å². The van der Waals surface area contributed by atoms with Crippen LogP contribution in [-0.2, 0) is 0 Å². The van der Waals surface area contributed by atoms with Crippen LogP contribution in [0.15, 0.2) is 22.7 Å². The van der Waals surface area contributed by atoms with Crippen molar-refractivity contribution in [2.75, 3.05) is 26.2 Å². The van der Waals surface area contributed by atoms with Gasteiger partial charge < -0.3 is 10.2 Å². The van der Waals surface area contributed by atoms with Crippen LogP contribution >= 0.6 is 27.5 Å². The van der Waals surface area contributed by atoms with Gasteiger partial charge >= 0.3 is 0 Å². The van der Waals surface area contributed by atoms with E-state index < -0.39 is 0 Å². The lowest BCUT2D eigenvalue weighted by atomic mass is 10.0. The van der Waals surface area contributed by atoms with Gasteiger partial charge in [0.25, 0.3) is 0 Å². The number of nitrogens with zero attached hydrogens (tertiary/aromatic N) is 1. The van der Waals surface area contributed by atoms with Gasteiger partial charge in [-0.1, -0.05) is 54.4 Å². The minimum absolute atomic E-state index is 0.335. The van der Waals surface area contributed by atoms with Crippen LogP contribution in [0, 0.1) is 11.8 Å². The van der Waals surface area contributed by atoms with Crippen LogP contribution in [0.2, 0.25) is 5.02 Å². The molecular weight excluding hydrogens is 348 g/mol. The van der Waals surface area contributed by atoms with Gasteiger partial charge in [-0.2, -0.15) is 0 Å². The summed E-state index contributed by atoms with van der Waals surface area (Å²) in [5.74, 6) is 1.64. The molecule has 0 aliphatic carbocycles. The van der Waals surface area contributed by atoms with Crippen molar-refractivity contribution >= 4 is 27.5 Å². The highest BCUT2D eigenvalue weighted by molar-refractivity contribution is 9.10. The zero-order valence-corrected chi connectivity index (χ0v) is 15.5. The van der Waals surface area contributed by atoms with E-state index in [0.29, 0.717) is 6.04 Å². The van der Waals surface area contributed by atoms with E-state index in [1.165, 1.54) is 18.7 Å². The maximum Gasteiger partial charge on any atom is 0.0465 e. The molecule has 3 atom stereocenters. The SMILES string of the molecule is CCNC(CCN1CC(C)C(C)C1)c1ccc(Br)cc1Cl. The molecule has 0 radical (unpaired) electrons. The smallest absolute Gasteiger partial charge is 0.0465 e.